The molecule has 1 atom stereocenters. The summed E-state index contributed by atoms with van der Waals surface area (Å²) in [5, 5.41) is 0. The van der Waals surface area contributed by atoms with Crippen molar-refractivity contribution in [2.75, 3.05) is 6.61 Å². The topological polar surface area (TPSA) is 26.3 Å². The second-order valence-corrected chi connectivity index (χ2v) is 5.22. The molecule has 1 unspecified atom stereocenters. The van der Waals surface area contributed by atoms with Crippen molar-refractivity contribution in [3.05, 3.63) is 47.0 Å². The number of esters is 1. The van der Waals surface area contributed by atoms with Crippen molar-refractivity contribution in [1.82, 2.24) is 0 Å². The normalized spacial score (nSPS) is 13.2. The van der Waals surface area contributed by atoms with Gasteiger partial charge in [-0.05, 0) is 43.7 Å². The Morgan fingerprint density at radius 3 is 2.47 bits per heavy atom. The maximum atomic E-state index is 10.7. The Morgan fingerprint density at radius 2 is 1.89 bits per heavy atom. The summed E-state index contributed by atoms with van der Waals surface area (Å²) >= 11 is 0. The van der Waals surface area contributed by atoms with Gasteiger partial charge in [0.15, 0.2) is 0 Å². The van der Waals surface area contributed by atoms with Crippen LogP contribution >= 0.6 is 0 Å². The Kier molecular flexibility index (Phi) is 6.34. The van der Waals surface area contributed by atoms with Crippen LogP contribution in [0.15, 0.2) is 35.9 Å². The lowest BCUT2D eigenvalue weighted by atomic mass is 9.95. The largest absolute Gasteiger partial charge is 0.461 e. The van der Waals surface area contributed by atoms with Gasteiger partial charge in [-0.3, -0.25) is 4.79 Å². The van der Waals surface area contributed by atoms with Gasteiger partial charge in [-0.2, -0.15) is 0 Å². The molecule has 19 heavy (non-hydrogen) atoms. The molecule has 0 aliphatic rings. The molecule has 0 saturated carbocycles. The van der Waals surface area contributed by atoms with Crippen molar-refractivity contribution in [1.29, 1.82) is 0 Å². The number of benzene rings is 1. The number of ether oxygens (including phenoxy) is 1. The SMILES string of the molecule is CC(=O)OC/C(C)=C/CCC(C)c1ccc(C)cc1. The van der Waals surface area contributed by atoms with Gasteiger partial charge in [0.1, 0.15) is 6.61 Å². The summed E-state index contributed by atoms with van der Waals surface area (Å²) in [6.07, 6.45) is 4.29. The van der Waals surface area contributed by atoms with Crippen LogP contribution in [0.2, 0.25) is 0 Å². The van der Waals surface area contributed by atoms with Crippen LogP contribution in [-0.2, 0) is 9.53 Å². The maximum Gasteiger partial charge on any atom is 0.302 e. The van der Waals surface area contributed by atoms with Gasteiger partial charge in [0.05, 0.1) is 0 Å². The Hall–Kier alpha value is -1.57. The minimum Gasteiger partial charge on any atom is -0.461 e. The zero-order valence-corrected chi connectivity index (χ0v) is 12.4. The van der Waals surface area contributed by atoms with Crippen molar-refractivity contribution in [3.8, 4) is 0 Å². The third-order valence-corrected chi connectivity index (χ3v) is 3.24. The molecule has 0 radical (unpaired) electrons. The fourth-order valence-corrected chi connectivity index (χ4v) is 1.92. The predicted octanol–water partition coefficient (Wildman–Crippen LogP) is 4.39. The van der Waals surface area contributed by atoms with E-state index in [0.29, 0.717) is 12.5 Å². The molecule has 0 heterocycles. The van der Waals surface area contributed by atoms with Crippen molar-refractivity contribution in [2.24, 2.45) is 0 Å². The van der Waals surface area contributed by atoms with E-state index in [1.165, 1.54) is 18.1 Å². The Bertz CT molecular complexity index is 429. The van der Waals surface area contributed by atoms with E-state index in [-0.39, 0.29) is 5.97 Å². The van der Waals surface area contributed by atoms with Crippen molar-refractivity contribution >= 4 is 5.97 Å². The Labute approximate surface area is 116 Å². The highest BCUT2D eigenvalue weighted by atomic mass is 16.5. The van der Waals surface area contributed by atoms with Crippen LogP contribution in [0.5, 0.6) is 0 Å². The van der Waals surface area contributed by atoms with E-state index in [9.17, 15) is 4.79 Å². The van der Waals surface area contributed by atoms with E-state index >= 15 is 0 Å². The molecule has 1 aromatic carbocycles. The number of rotatable bonds is 6. The average Bonchev–Trinajstić information content (AvgIpc) is 2.37. The first-order valence-electron chi connectivity index (χ1n) is 6.84. The molecule has 0 aliphatic heterocycles. The van der Waals surface area contributed by atoms with Crippen molar-refractivity contribution in [2.45, 2.75) is 46.5 Å². The number of allylic oxidation sites excluding steroid dienone is 1. The quantitative estimate of drug-likeness (QED) is 0.560. The smallest absolute Gasteiger partial charge is 0.302 e. The minimum atomic E-state index is -0.222. The van der Waals surface area contributed by atoms with Crippen LogP contribution < -0.4 is 0 Å². The summed E-state index contributed by atoms with van der Waals surface area (Å²) in [5.41, 5.74) is 3.80. The summed E-state index contributed by atoms with van der Waals surface area (Å²) in [5.74, 6) is 0.333. The molecule has 2 heteroatoms. The van der Waals surface area contributed by atoms with Crippen molar-refractivity contribution < 1.29 is 9.53 Å². The first kappa shape index (κ1) is 15.5. The van der Waals surface area contributed by atoms with Gasteiger partial charge in [-0.25, -0.2) is 0 Å². The molecular weight excluding hydrogens is 236 g/mol. The highest BCUT2D eigenvalue weighted by Gasteiger charge is 2.04. The molecule has 1 rings (SSSR count). The first-order chi connectivity index (χ1) is 8.99. The molecule has 0 bridgehead atoms. The van der Waals surface area contributed by atoms with Crippen LogP contribution in [0, 0.1) is 6.92 Å². The lowest BCUT2D eigenvalue weighted by Gasteiger charge is -2.11. The summed E-state index contributed by atoms with van der Waals surface area (Å²) < 4.78 is 4.95. The number of aryl methyl sites for hydroxylation is 1. The predicted molar refractivity (Wildman–Crippen MR) is 79.2 cm³/mol. The van der Waals surface area contributed by atoms with E-state index in [0.717, 1.165) is 18.4 Å². The lowest BCUT2D eigenvalue weighted by Crippen LogP contribution is -2.01. The van der Waals surface area contributed by atoms with E-state index in [1.54, 1.807) is 0 Å². The van der Waals surface area contributed by atoms with E-state index in [2.05, 4.69) is 44.2 Å². The van der Waals surface area contributed by atoms with Gasteiger partial charge in [0.25, 0.3) is 0 Å². The third kappa shape index (κ3) is 6.23. The van der Waals surface area contributed by atoms with E-state index in [4.69, 9.17) is 4.74 Å². The van der Waals surface area contributed by atoms with Gasteiger partial charge in [-0.15, -0.1) is 0 Å². The standard InChI is InChI=1S/C17H24O2/c1-13-8-10-17(11-9-13)15(3)7-5-6-14(2)12-19-16(4)18/h6,8-11,15H,5,7,12H2,1-4H3/b14-6+. The summed E-state index contributed by atoms with van der Waals surface area (Å²) in [7, 11) is 0. The van der Waals surface area contributed by atoms with Crippen LogP contribution in [0.1, 0.15) is 50.7 Å². The third-order valence-electron chi connectivity index (χ3n) is 3.24. The van der Waals surface area contributed by atoms with Crippen LogP contribution in [0.25, 0.3) is 0 Å². The van der Waals surface area contributed by atoms with E-state index in [1.807, 2.05) is 6.92 Å². The second-order valence-electron chi connectivity index (χ2n) is 5.22. The van der Waals surface area contributed by atoms with Gasteiger partial charge in [-0.1, -0.05) is 42.8 Å². The van der Waals surface area contributed by atoms with Crippen LogP contribution in [0.3, 0.4) is 0 Å². The van der Waals surface area contributed by atoms with Gasteiger partial charge >= 0.3 is 5.97 Å². The Balaban J connectivity index is 2.37. The lowest BCUT2D eigenvalue weighted by molar-refractivity contribution is -0.139. The molecule has 0 saturated heterocycles. The zero-order chi connectivity index (χ0) is 14.3. The number of hydrogen-bond donors (Lipinski definition) is 0. The maximum absolute atomic E-state index is 10.7. The highest BCUT2D eigenvalue weighted by Crippen LogP contribution is 2.21. The summed E-state index contributed by atoms with van der Waals surface area (Å²) in [6, 6.07) is 8.73. The molecule has 0 spiro atoms. The monoisotopic (exact) mass is 260 g/mol. The zero-order valence-electron chi connectivity index (χ0n) is 12.4. The van der Waals surface area contributed by atoms with Gasteiger partial charge < -0.3 is 4.74 Å². The fraction of sp³-hybridized carbons (Fsp3) is 0.471. The molecule has 0 amide bonds. The van der Waals surface area contributed by atoms with Crippen LogP contribution in [0.4, 0.5) is 0 Å². The summed E-state index contributed by atoms with van der Waals surface area (Å²) in [6.45, 7) is 8.20. The van der Waals surface area contributed by atoms with Crippen LogP contribution in [-0.4, -0.2) is 12.6 Å². The van der Waals surface area contributed by atoms with E-state index < -0.39 is 0 Å². The molecular formula is C17H24O2. The summed E-state index contributed by atoms with van der Waals surface area (Å²) in [4.78, 5) is 10.7. The average molecular weight is 260 g/mol. The molecule has 0 aliphatic carbocycles. The molecule has 1 aromatic rings. The number of carbonyl (C=O) groups excluding carboxylic acids is 1. The van der Waals surface area contributed by atoms with Crippen molar-refractivity contribution in [3.63, 3.8) is 0 Å². The molecule has 104 valence electrons. The van der Waals surface area contributed by atoms with Gasteiger partial charge in [0, 0.05) is 6.92 Å². The molecule has 0 fully saturated rings. The minimum absolute atomic E-state index is 0.222. The van der Waals surface area contributed by atoms with Gasteiger partial charge in [0.2, 0.25) is 0 Å². The molecule has 2 nitrogen and oxygen atoms in total. The first-order valence-corrected chi connectivity index (χ1v) is 6.84. The highest BCUT2D eigenvalue weighted by molar-refractivity contribution is 5.66. The number of hydrogen-bond acceptors (Lipinski definition) is 2. The molecule has 0 aromatic heterocycles. The second kappa shape index (κ2) is 7.78. The Morgan fingerprint density at radius 1 is 1.26 bits per heavy atom. The molecule has 0 N–H and O–H groups in total. The number of carbonyl (C=O) groups is 1. The fourth-order valence-electron chi connectivity index (χ4n) is 1.92.